The van der Waals surface area contributed by atoms with Gasteiger partial charge in [0.15, 0.2) is 0 Å². The molecule has 3 N–H and O–H groups in total. The number of amides is 2. The van der Waals surface area contributed by atoms with Crippen LogP contribution < -0.4 is 5.32 Å². The van der Waals surface area contributed by atoms with Gasteiger partial charge in [0.25, 0.3) is 0 Å². The number of carbonyl (C=O) groups excluding carboxylic acids is 2. The highest BCUT2D eigenvalue weighted by Gasteiger charge is 2.41. The summed E-state index contributed by atoms with van der Waals surface area (Å²) in [7, 11) is 0. The number of alkyl carbamates (subject to hydrolysis) is 1. The zero-order valence-corrected chi connectivity index (χ0v) is 19.1. The first kappa shape index (κ1) is 23.8. The highest BCUT2D eigenvalue weighted by molar-refractivity contribution is 5.90. The molecule has 4 rings (SSSR count). The standard InChI is InChI=1S/C26H30N2O6/c1-2-3-12-22(24(30)28-14-16(29)13-23(28)25(31)32)27-26(33)34-15-21-19-10-6-4-8-17(19)18-9-5-7-11-20(18)21/h4-11,16,21-23,29H,2-3,12-15H2,1H3,(H,27,33)(H,31,32)/t16-,22?,23-/m1/s1. The summed E-state index contributed by atoms with van der Waals surface area (Å²) in [6.07, 6.45) is 0.203. The molecule has 8 nitrogen and oxygen atoms in total. The fourth-order valence-corrected chi connectivity index (χ4v) is 4.94. The average molecular weight is 467 g/mol. The molecule has 3 atom stereocenters. The number of nitrogens with zero attached hydrogens (tertiary/aromatic N) is 1. The van der Waals surface area contributed by atoms with E-state index in [9.17, 15) is 24.6 Å². The lowest BCUT2D eigenvalue weighted by atomic mass is 9.98. The van der Waals surface area contributed by atoms with Gasteiger partial charge in [0.1, 0.15) is 18.7 Å². The van der Waals surface area contributed by atoms with Gasteiger partial charge < -0.3 is 25.2 Å². The van der Waals surface area contributed by atoms with Gasteiger partial charge in [-0.2, -0.15) is 0 Å². The number of likely N-dealkylation sites (tertiary alicyclic amines) is 1. The van der Waals surface area contributed by atoms with Crippen molar-refractivity contribution < 1.29 is 29.3 Å². The molecule has 1 fully saturated rings. The van der Waals surface area contributed by atoms with Crippen molar-refractivity contribution in [2.24, 2.45) is 0 Å². The first-order chi connectivity index (χ1) is 16.4. The van der Waals surface area contributed by atoms with E-state index in [1.807, 2.05) is 43.3 Å². The van der Waals surface area contributed by atoms with Gasteiger partial charge in [-0.1, -0.05) is 68.3 Å². The maximum Gasteiger partial charge on any atom is 0.407 e. The van der Waals surface area contributed by atoms with Crippen LogP contribution in [0.1, 0.15) is 49.7 Å². The number of unbranched alkanes of at least 4 members (excludes halogenated alkanes) is 1. The number of aliphatic hydroxyl groups is 1. The van der Waals surface area contributed by atoms with Crippen molar-refractivity contribution in [2.75, 3.05) is 13.2 Å². The molecule has 2 amide bonds. The average Bonchev–Trinajstić information content (AvgIpc) is 3.38. The smallest absolute Gasteiger partial charge is 0.407 e. The van der Waals surface area contributed by atoms with Gasteiger partial charge in [0.2, 0.25) is 5.91 Å². The Morgan fingerprint density at radius 1 is 1.09 bits per heavy atom. The second kappa shape index (κ2) is 10.3. The third-order valence-corrected chi connectivity index (χ3v) is 6.63. The van der Waals surface area contributed by atoms with E-state index in [1.165, 1.54) is 0 Å². The van der Waals surface area contributed by atoms with E-state index < -0.39 is 36.2 Å². The van der Waals surface area contributed by atoms with E-state index in [1.54, 1.807) is 0 Å². The van der Waals surface area contributed by atoms with Gasteiger partial charge in [0, 0.05) is 18.9 Å². The van der Waals surface area contributed by atoms with Crippen LogP contribution in [0.15, 0.2) is 48.5 Å². The molecule has 180 valence electrons. The predicted molar refractivity (Wildman–Crippen MR) is 125 cm³/mol. The van der Waals surface area contributed by atoms with Gasteiger partial charge in [-0.25, -0.2) is 9.59 Å². The third-order valence-electron chi connectivity index (χ3n) is 6.63. The Kier molecular flexibility index (Phi) is 7.17. The van der Waals surface area contributed by atoms with Crippen LogP contribution in [-0.4, -0.2) is 64.4 Å². The molecule has 0 aromatic heterocycles. The normalized spacial score (nSPS) is 19.9. The Morgan fingerprint density at radius 3 is 2.29 bits per heavy atom. The first-order valence-corrected chi connectivity index (χ1v) is 11.7. The minimum atomic E-state index is -1.17. The molecule has 2 aliphatic rings. The zero-order valence-electron chi connectivity index (χ0n) is 19.1. The number of aliphatic carboxylic acids is 1. The van der Waals surface area contributed by atoms with Gasteiger partial charge in [0.05, 0.1) is 6.10 Å². The maximum absolute atomic E-state index is 13.1. The predicted octanol–water partition coefficient (Wildman–Crippen LogP) is 3.13. The summed E-state index contributed by atoms with van der Waals surface area (Å²) >= 11 is 0. The van der Waals surface area contributed by atoms with Crippen LogP contribution in [0.3, 0.4) is 0 Å². The Balaban J connectivity index is 1.44. The molecule has 8 heteroatoms. The molecule has 2 aromatic carbocycles. The molecule has 2 aromatic rings. The summed E-state index contributed by atoms with van der Waals surface area (Å²) in [6.45, 7) is 2.02. The highest BCUT2D eigenvalue weighted by Crippen LogP contribution is 2.44. The van der Waals surface area contributed by atoms with E-state index in [4.69, 9.17) is 4.74 Å². The topological polar surface area (TPSA) is 116 Å². The summed E-state index contributed by atoms with van der Waals surface area (Å²) in [5.41, 5.74) is 4.42. The molecular formula is C26H30N2O6. The van der Waals surface area contributed by atoms with Gasteiger partial charge in [-0.15, -0.1) is 0 Å². The van der Waals surface area contributed by atoms with Crippen molar-refractivity contribution in [3.8, 4) is 11.1 Å². The summed E-state index contributed by atoms with van der Waals surface area (Å²) in [5, 5.41) is 22.0. The molecule has 1 unspecified atom stereocenters. The van der Waals surface area contributed by atoms with E-state index in [0.717, 1.165) is 33.6 Å². The van der Waals surface area contributed by atoms with E-state index in [2.05, 4.69) is 17.4 Å². The number of benzene rings is 2. The Hall–Kier alpha value is -3.39. The molecule has 0 radical (unpaired) electrons. The van der Waals surface area contributed by atoms with E-state index in [0.29, 0.717) is 12.8 Å². The van der Waals surface area contributed by atoms with Crippen molar-refractivity contribution in [2.45, 2.75) is 56.7 Å². The van der Waals surface area contributed by atoms with Crippen LogP contribution in [0.2, 0.25) is 0 Å². The number of ether oxygens (including phenoxy) is 1. The number of hydrogen-bond donors (Lipinski definition) is 3. The molecule has 0 bridgehead atoms. The van der Waals surface area contributed by atoms with Crippen molar-refractivity contribution in [3.05, 3.63) is 59.7 Å². The molecule has 1 heterocycles. The Bertz CT molecular complexity index is 1030. The summed E-state index contributed by atoms with van der Waals surface area (Å²) in [6, 6.07) is 14.0. The number of fused-ring (bicyclic) bond motifs is 3. The Morgan fingerprint density at radius 2 is 1.71 bits per heavy atom. The van der Waals surface area contributed by atoms with Crippen LogP contribution in [-0.2, 0) is 14.3 Å². The van der Waals surface area contributed by atoms with Crippen LogP contribution >= 0.6 is 0 Å². The lowest BCUT2D eigenvalue weighted by molar-refractivity contribution is -0.149. The largest absolute Gasteiger partial charge is 0.480 e. The van der Waals surface area contributed by atoms with Gasteiger partial charge in [-0.05, 0) is 28.7 Å². The van der Waals surface area contributed by atoms with Crippen molar-refractivity contribution in [1.29, 1.82) is 0 Å². The van der Waals surface area contributed by atoms with E-state index >= 15 is 0 Å². The third kappa shape index (κ3) is 4.77. The zero-order chi connectivity index (χ0) is 24.2. The molecule has 34 heavy (non-hydrogen) atoms. The number of carboxylic acid groups (broad SMARTS) is 1. The molecule has 1 aliphatic carbocycles. The fraction of sp³-hybridized carbons (Fsp3) is 0.423. The van der Waals surface area contributed by atoms with Crippen LogP contribution in [0.4, 0.5) is 4.79 Å². The van der Waals surface area contributed by atoms with Gasteiger partial charge in [-0.3, -0.25) is 4.79 Å². The molecule has 0 spiro atoms. The molecular weight excluding hydrogens is 436 g/mol. The van der Waals surface area contributed by atoms with Crippen molar-refractivity contribution in [3.63, 3.8) is 0 Å². The molecule has 1 aliphatic heterocycles. The fourth-order valence-electron chi connectivity index (χ4n) is 4.94. The minimum Gasteiger partial charge on any atom is -0.480 e. The van der Waals surface area contributed by atoms with Crippen LogP contribution in [0, 0.1) is 0 Å². The second-order valence-electron chi connectivity index (χ2n) is 8.90. The number of hydrogen-bond acceptors (Lipinski definition) is 5. The van der Waals surface area contributed by atoms with Crippen LogP contribution in [0.5, 0.6) is 0 Å². The van der Waals surface area contributed by atoms with Crippen molar-refractivity contribution >= 4 is 18.0 Å². The maximum atomic E-state index is 13.1. The monoisotopic (exact) mass is 466 g/mol. The number of rotatable bonds is 8. The SMILES string of the molecule is CCCCC(NC(=O)OCC1c2ccccc2-c2ccccc21)C(=O)N1C[C@H](O)C[C@@H]1C(=O)O. The number of carboxylic acids is 1. The summed E-state index contributed by atoms with van der Waals surface area (Å²) in [4.78, 5) is 38.5. The lowest BCUT2D eigenvalue weighted by Gasteiger charge is -2.27. The highest BCUT2D eigenvalue weighted by atomic mass is 16.5. The minimum absolute atomic E-state index is 0.0213. The number of β-amino-alcohol motifs (C(OH)–C–C–N with tert-alkyl or cyclic N) is 1. The first-order valence-electron chi connectivity index (χ1n) is 11.7. The Labute approximate surface area is 198 Å². The quantitative estimate of drug-likeness (QED) is 0.551. The summed E-state index contributed by atoms with van der Waals surface area (Å²) < 4.78 is 5.57. The van der Waals surface area contributed by atoms with Gasteiger partial charge >= 0.3 is 12.1 Å². The summed E-state index contributed by atoms with van der Waals surface area (Å²) in [5.74, 6) is -1.78. The number of aliphatic hydroxyl groups excluding tert-OH is 1. The number of nitrogens with one attached hydrogen (secondary N) is 1. The molecule has 1 saturated heterocycles. The number of carbonyl (C=O) groups is 3. The van der Waals surface area contributed by atoms with E-state index in [-0.39, 0.29) is 25.5 Å². The van der Waals surface area contributed by atoms with Crippen LogP contribution in [0.25, 0.3) is 11.1 Å². The molecule has 0 saturated carbocycles. The van der Waals surface area contributed by atoms with Crippen molar-refractivity contribution in [1.82, 2.24) is 10.2 Å². The second-order valence-corrected chi connectivity index (χ2v) is 8.90. The lowest BCUT2D eigenvalue weighted by Crippen LogP contribution is -2.52.